The fraction of sp³-hybridized carbons (Fsp3) is 0.200. The highest BCUT2D eigenvalue weighted by Crippen LogP contribution is 2.32. The second kappa shape index (κ2) is 4.72. The van der Waals surface area contributed by atoms with Crippen molar-refractivity contribution in [1.82, 2.24) is 0 Å². The first kappa shape index (κ1) is 11.7. The van der Waals surface area contributed by atoms with Gasteiger partial charge in [0, 0.05) is 18.9 Å². The number of rotatable bonds is 1. The molecule has 0 atom stereocenters. The molecule has 0 aromatic heterocycles. The quantitative estimate of drug-likeness (QED) is 0.581. The van der Waals surface area contributed by atoms with Crippen LogP contribution in [0.1, 0.15) is 18.9 Å². The van der Waals surface area contributed by atoms with Crippen LogP contribution < -0.4 is 4.74 Å². The summed E-state index contributed by atoms with van der Waals surface area (Å²) in [6, 6.07) is 12.0. The summed E-state index contributed by atoms with van der Waals surface area (Å²) in [5.41, 5.74) is 1.68. The maximum atomic E-state index is 10.9. The third-order valence-electron chi connectivity index (χ3n) is 3.06. The number of benzene rings is 2. The van der Waals surface area contributed by atoms with Crippen molar-refractivity contribution in [3.8, 4) is 5.75 Å². The van der Waals surface area contributed by atoms with Gasteiger partial charge in [-0.15, -0.1) is 0 Å². The molecular weight excluding hydrogens is 242 g/mol. The highest BCUT2D eigenvalue weighted by Gasteiger charge is 2.20. The van der Waals surface area contributed by atoms with Gasteiger partial charge in [-0.2, -0.15) is 0 Å². The highest BCUT2D eigenvalue weighted by molar-refractivity contribution is 6.13. The molecule has 2 aromatic carbocycles. The van der Waals surface area contributed by atoms with E-state index in [2.05, 4.69) is 5.16 Å². The first-order valence-corrected chi connectivity index (χ1v) is 6.15. The van der Waals surface area contributed by atoms with Gasteiger partial charge in [-0.1, -0.05) is 35.5 Å². The van der Waals surface area contributed by atoms with E-state index < -0.39 is 5.97 Å². The maximum absolute atomic E-state index is 10.9. The topological polar surface area (TPSA) is 47.9 Å². The average Bonchev–Trinajstić information content (AvgIpc) is 2.44. The zero-order valence-electron chi connectivity index (χ0n) is 10.6. The van der Waals surface area contributed by atoms with Crippen molar-refractivity contribution in [1.29, 1.82) is 0 Å². The largest absolute Gasteiger partial charge is 0.492 e. The van der Waals surface area contributed by atoms with Gasteiger partial charge < -0.3 is 9.57 Å². The van der Waals surface area contributed by atoms with Crippen LogP contribution in [0.2, 0.25) is 0 Å². The molecule has 0 unspecified atom stereocenters. The van der Waals surface area contributed by atoms with Gasteiger partial charge in [-0.3, -0.25) is 0 Å². The molecule has 4 heteroatoms. The predicted octanol–water partition coefficient (Wildman–Crippen LogP) is 2.89. The normalized spacial score (nSPS) is 15.9. The van der Waals surface area contributed by atoms with Crippen LogP contribution in [-0.4, -0.2) is 18.3 Å². The van der Waals surface area contributed by atoms with Crippen molar-refractivity contribution < 1.29 is 14.4 Å². The van der Waals surface area contributed by atoms with Gasteiger partial charge in [-0.25, -0.2) is 4.79 Å². The number of carbonyl (C=O) groups is 1. The van der Waals surface area contributed by atoms with Gasteiger partial charge in [0.15, 0.2) is 0 Å². The molecule has 0 spiro atoms. The van der Waals surface area contributed by atoms with Gasteiger partial charge in [0.05, 0.1) is 12.3 Å². The first-order chi connectivity index (χ1) is 9.25. The minimum Gasteiger partial charge on any atom is -0.492 e. The van der Waals surface area contributed by atoms with E-state index >= 15 is 0 Å². The Morgan fingerprint density at radius 1 is 1.26 bits per heavy atom. The Morgan fingerprint density at radius 2 is 2.11 bits per heavy atom. The Balaban J connectivity index is 2.18. The molecule has 0 saturated carbocycles. The smallest absolute Gasteiger partial charge is 0.331 e. The van der Waals surface area contributed by atoms with E-state index in [1.54, 1.807) is 0 Å². The summed E-state index contributed by atoms with van der Waals surface area (Å²) in [4.78, 5) is 15.7. The summed E-state index contributed by atoms with van der Waals surface area (Å²) in [7, 11) is 0. The summed E-state index contributed by atoms with van der Waals surface area (Å²) in [5, 5.41) is 6.14. The van der Waals surface area contributed by atoms with Crippen molar-refractivity contribution in [2.24, 2.45) is 5.16 Å². The van der Waals surface area contributed by atoms with Crippen LogP contribution in [0.25, 0.3) is 10.8 Å². The Bertz CT molecular complexity index is 676. The SMILES string of the molecule is CC(=O)ON=C1CCOc2ccc3ccccc3c21. The molecule has 4 nitrogen and oxygen atoms in total. The molecule has 3 rings (SSSR count). The first-order valence-electron chi connectivity index (χ1n) is 6.15. The molecule has 0 saturated heterocycles. The van der Waals surface area contributed by atoms with Crippen molar-refractivity contribution in [2.45, 2.75) is 13.3 Å². The predicted molar refractivity (Wildman–Crippen MR) is 72.4 cm³/mol. The lowest BCUT2D eigenvalue weighted by Crippen LogP contribution is -2.17. The average molecular weight is 255 g/mol. The van der Waals surface area contributed by atoms with E-state index in [1.165, 1.54) is 6.92 Å². The summed E-state index contributed by atoms with van der Waals surface area (Å²) in [6.45, 7) is 1.89. The lowest BCUT2D eigenvalue weighted by molar-refractivity contribution is -0.140. The summed E-state index contributed by atoms with van der Waals surface area (Å²) in [5.74, 6) is 0.372. The van der Waals surface area contributed by atoms with Crippen LogP contribution in [-0.2, 0) is 9.63 Å². The molecule has 0 N–H and O–H groups in total. The van der Waals surface area contributed by atoms with Crippen molar-refractivity contribution >= 4 is 22.5 Å². The molecule has 19 heavy (non-hydrogen) atoms. The zero-order chi connectivity index (χ0) is 13.2. The molecule has 2 aromatic rings. The lowest BCUT2D eigenvalue weighted by atomic mass is 9.97. The standard InChI is InChI=1S/C15H13NO3/c1-10(17)19-16-13-8-9-18-14-7-6-11-4-2-3-5-12(11)15(13)14/h2-7H,8-9H2,1H3. The molecule has 0 aliphatic carbocycles. The Labute approximate surface area is 110 Å². The van der Waals surface area contributed by atoms with Crippen LogP contribution in [0.5, 0.6) is 5.75 Å². The fourth-order valence-electron chi connectivity index (χ4n) is 2.26. The van der Waals surface area contributed by atoms with Gasteiger partial charge in [0.25, 0.3) is 0 Å². The molecule has 1 heterocycles. The number of ether oxygens (including phenoxy) is 1. The monoisotopic (exact) mass is 255 g/mol. The third-order valence-corrected chi connectivity index (χ3v) is 3.06. The highest BCUT2D eigenvalue weighted by atomic mass is 16.7. The van der Waals surface area contributed by atoms with Gasteiger partial charge in [-0.05, 0) is 16.8 Å². The van der Waals surface area contributed by atoms with E-state index in [4.69, 9.17) is 9.57 Å². The second-order valence-corrected chi connectivity index (χ2v) is 4.38. The number of oxime groups is 1. The molecule has 1 aliphatic rings. The van der Waals surface area contributed by atoms with Gasteiger partial charge >= 0.3 is 5.97 Å². The van der Waals surface area contributed by atoms with E-state index in [9.17, 15) is 4.79 Å². The Morgan fingerprint density at radius 3 is 2.95 bits per heavy atom. The number of nitrogens with zero attached hydrogens (tertiary/aromatic N) is 1. The van der Waals surface area contributed by atoms with E-state index in [1.807, 2.05) is 36.4 Å². The Hall–Kier alpha value is -2.36. The van der Waals surface area contributed by atoms with E-state index in [0.29, 0.717) is 13.0 Å². The van der Waals surface area contributed by atoms with Crippen LogP contribution >= 0.6 is 0 Å². The molecule has 0 bridgehead atoms. The maximum Gasteiger partial charge on any atom is 0.331 e. The minimum absolute atomic E-state index is 0.416. The van der Waals surface area contributed by atoms with Crippen LogP contribution in [0.15, 0.2) is 41.6 Å². The van der Waals surface area contributed by atoms with Crippen LogP contribution in [0, 0.1) is 0 Å². The zero-order valence-corrected chi connectivity index (χ0v) is 10.6. The minimum atomic E-state index is -0.416. The van der Waals surface area contributed by atoms with Crippen molar-refractivity contribution in [2.75, 3.05) is 6.61 Å². The van der Waals surface area contributed by atoms with E-state index in [0.717, 1.165) is 27.8 Å². The summed E-state index contributed by atoms with van der Waals surface area (Å²) < 4.78 is 5.65. The third kappa shape index (κ3) is 2.17. The fourth-order valence-corrected chi connectivity index (χ4v) is 2.26. The molecular formula is C15H13NO3. The number of hydrogen-bond donors (Lipinski definition) is 0. The van der Waals surface area contributed by atoms with Crippen molar-refractivity contribution in [3.05, 3.63) is 42.0 Å². The second-order valence-electron chi connectivity index (χ2n) is 4.38. The van der Waals surface area contributed by atoms with Crippen molar-refractivity contribution in [3.63, 3.8) is 0 Å². The van der Waals surface area contributed by atoms with E-state index in [-0.39, 0.29) is 0 Å². The number of fused-ring (bicyclic) bond motifs is 3. The number of hydrogen-bond acceptors (Lipinski definition) is 4. The van der Waals surface area contributed by atoms with Gasteiger partial charge in [0.2, 0.25) is 0 Å². The lowest BCUT2D eigenvalue weighted by Gasteiger charge is -2.20. The Kier molecular flexibility index (Phi) is 2.91. The van der Waals surface area contributed by atoms with Crippen LogP contribution in [0.4, 0.5) is 0 Å². The molecule has 96 valence electrons. The van der Waals surface area contributed by atoms with Crippen LogP contribution in [0.3, 0.4) is 0 Å². The molecule has 0 fully saturated rings. The number of carbonyl (C=O) groups excluding carboxylic acids is 1. The summed E-state index contributed by atoms with van der Waals surface area (Å²) >= 11 is 0. The molecule has 0 radical (unpaired) electrons. The summed E-state index contributed by atoms with van der Waals surface area (Å²) in [6.07, 6.45) is 0.633. The molecule has 1 aliphatic heterocycles. The molecule has 0 amide bonds. The van der Waals surface area contributed by atoms with Gasteiger partial charge in [0.1, 0.15) is 5.75 Å².